The fraction of sp³-hybridized carbons (Fsp3) is 0.500. The molecule has 0 radical (unpaired) electrons. The predicted molar refractivity (Wildman–Crippen MR) is 132 cm³/mol. The second kappa shape index (κ2) is 10.4. The summed E-state index contributed by atoms with van der Waals surface area (Å²) in [7, 11) is 1.70. The first-order valence-corrected chi connectivity index (χ1v) is 12.4. The van der Waals surface area contributed by atoms with E-state index in [4.69, 9.17) is 9.47 Å². The molecule has 1 aromatic heterocycles. The lowest BCUT2D eigenvalue weighted by atomic mass is 10.0. The normalized spacial score (nSPS) is 18.2. The molecule has 34 heavy (non-hydrogen) atoms. The second-order valence-corrected chi connectivity index (χ2v) is 9.05. The molecule has 1 atom stereocenters. The van der Waals surface area contributed by atoms with Gasteiger partial charge in [0.05, 0.1) is 25.8 Å². The molecule has 0 amide bonds. The van der Waals surface area contributed by atoms with Crippen molar-refractivity contribution < 1.29 is 9.47 Å². The first kappa shape index (κ1) is 22.7. The van der Waals surface area contributed by atoms with Crippen LogP contribution in [0.25, 0.3) is 0 Å². The maximum absolute atomic E-state index is 5.69. The molecular formula is C26H34N6O2. The molecule has 0 bridgehead atoms. The van der Waals surface area contributed by atoms with Crippen molar-refractivity contribution >= 4 is 5.69 Å². The SMILES string of the molecule is CCOc1ccc(C(c2nnnn2C2CCCC2)N2CCN(c3ccc(OC)cc3)CC2)cc1. The van der Waals surface area contributed by atoms with Gasteiger partial charge in [0.2, 0.25) is 0 Å². The lowest BCUT2D eigenvalue weighted by Crippen LogP contribution is -2.48. The number of tetrazole rings is 1. The Bertz CT molecular complexity index is 1040. The summed E-state index contributed by atoms with van der Waals surface area (Å²) in [6.45, 7) is 6.43. The summed E-state index contributed by atoms with van der Waals surface area (Å²) in [5.41, 5.74) is 2.43. The Hall–Kier alpha value is -3.13. The Morgan fingerprint density at radius 1 is 0.912 bits per heavy atom. The zero-order chi connectivity index (χ0) is 23.3. The second-order valence-electron chi connectivity index (χ2n) is 9.05. The van der Waals surface area contributed by atoms with Crippen LogP contribution in [-0.2, 0) is 0 Å². The smallest absolute Gasteiger partial charge is 0.173 e. The number of methoxy groups -OCH3 is 1. The first-order chi connectivity index (χ1) is 16.8. The molecule has 1 aliphatic carbocycles. The highest BCUT2D eigenvalue weighted by Crippen LogP contribution is 2.35. The molecule has 1 aliphatic heterocycles. The topological polar surface area (TPSA) is 68.5 Å². The van der Waals surface area contributed by atoms with Gasteiger partial charge in [-0.15, -0.1) is 5.10 Å². The number of hydrogen-bond donors (Lipinski definition) is 0. The van der Waals surface area contributed by atoms with Crippen molar-refractivity contribution in [2.75, 3.05) is 44.8 Å². The Morgan fingerprint density at radius 2 is 1.59 bits per heavy atom. The number of hydrogen-bond acceptors (Lipinski definition) is 7. The third-order valence-electron chi connectivity index (χ3n) is 7.06. The number of piperazine rings is 1. The molecule has 2 heterocycles. The van der Waals surface area contributed by atoms with E-state index in [0.717, 1.165) is 56.3 Å². The summed E-state index contributed by atoms with van der Waals surface area (Å²) >= 11 is 0. The molecule has 8 nitrogen and oxygen atoms in total. The van der Waals surface area contributed by atoms with Crippen molar-refractivity contribution in [3.63, 3.8) is 0 Å². The summed E-state index contributed by atoms with van der Waals surface area (Å²) in [4.78, 5) is 4.96. The Balaban J connectivity index is 1.39. The number of rotatable bonds is 8. The van der Waals surface area contributed by atoms with Crippen LogP contribution in [0.1, 0.15) is 56.1 Å². The lowest BCUT2D eigenvalue weighted by Gasteiger charge is -2.40. The fourth-order valence-electron chi connectivity index (χ4n) is 5.26. The van der Waals surface area contributed by atoms with E-state index in [2.05, 4.69) is 66.4 Å². The van der Waals surface area contributed by atoms with Gasteiger partial charge in [-0.2, -0.15) is 0 Å². The predicted octanol–water partition coefficient (Wildman–Crippen LogP) is 4.11. The molecule has 2 aromatic carbocycles. The van der Waals surface area contributed by atoms with Crippen molar-refractivity contribution in [3.05, 3.63) is 59.9 Å². The highest BCUT2D eigenvalue weighted by Gasteiger charge is 2.33. The van der Waals surface area contributed by atoms with Crippen molar-refractivity contribution in [3.8, 4) is 11.5 Å². The van der Waals surface area contributed by atoms with Crippen molar-refractivity contribution in [1.82, 2.24) is 25.1 Å². The summed E-state index contributed by atoms with van der Waals surface area (Å²) < 4.78 is 13.1. The van der Waals surface area contributed by atoms with Crippen LogP contribution < -0.4 is 14.4 Å². The summed E-state index contributed by atoms with van der Waals surface area (Å²) in [6, 6.07) is 17.2. The minimum absolute atomic E-state index is 0.0179. The number of benzene rings is 2. The minimum atomic E-state index is 0.0179. The molecule has 0 N–H and O–H groups in total. The van der Waals surface area contributed by atoms with Crippen LogP contribution in [0.2, 0.25) is 0 Å². The maximum atomic E-state index is 5.69. The van der Waals surface area contributed by atoms with Gasteiger partial charge in [-0.05, 0) is 72.2 Å². The lowest BCUT2D eigenvalue weighted by molar-refractivity contribution is 0.197. The van der Waals surface area contributed by atoms with Crippen LogP contribution in [0.15, 0.2) is 48.5 Å². The van der Waals surface area contributed by atoms with Gasteiger partial charge in [0.1, 0.15) is 11.5 Å². The molecule has 180 valence electrons. The first-order valence-electron chi connectivity index (χ1n) is 12.4. The standard InChI is InChI=1S/C26H34N6O2/c1-3-34-24-12-8-20(9-13-24)25(26-27-28-29-32(26)22-6-4-5-7-22)31-18-16-30(17-19-31)21-10-14-23(33-2)15-11-21/h8-15,22,25H,3-7,16-19H2,1-2H3. The van der Waals surface area contributed by atoms with Crippen molar-refractivity contribution in [2.45, 2.75) is 44.7 Å². The van der Waals surface area contributed by atoms with Gasteiger partial charge < -0.3 is 14.4 Å². The quantitative estimate of drug-likeness (QED) is 0.499. The Morgan fingerprint density at radius 3 is 2.24 bits per heavy atom. The monoisotopic (exact) mass is 462 g/mol. The maximum Gasteiger partial charge on any atom is 0.173 e. The zero-order valence-electron chi connectivity index (χ0n) is 20.1. The summed E-state index contributed by atoms with van der Waals surface area (Å²) in [5, 5.41) is 13.1. The fourth-order valence-corrected chi connectivity index (χ4v) is 5.26. The van der Waals surface area contributed by atoms with E-state index in [1.165, 1.54) is 24.1 Å². The zero-order valence-corrected chi connectivity index (χ0v) is 20.1. The van der Waals surface area contributed by atoms with E-state index in [0.29, 0.717) is 12.6 Å². The molecular weight excluding hydrogens is 428 g/mol. The van der Waals surface area contributed by atoms with E-state index < -0.39 is 0 Å². The third-order valence-corrected chi connectivity index (χ3v) is 7.06. The summed E-state index contributed by atoms with van der Waals surface area (Å²) in [5.74, 6) is 2.73. The van der Waals surface area contributed by atoms with Gasteiger partial charge in [-0.3, -0.25) is 4.90 Å². The van der Waals surface area contributed by atoms with Crippen molar-refractivity contribution in [1.29, 1.82) is 0 Å². The van der Waals surface area contributed by atoms with Crippen LogP contribution in [0.5, 0.6) is 11.5 Å². The molecule has 3 aromatic rings. The van der Waals surface area contributed by atoms with Crippen LogP contribution in [0.4, 0.5) is 5.69 Å². The van der Waals surface area contributed by atoms with E-state index >= 15 is 0 Å². The molecule has 1 saturated carbocycles. The van der Waals surface area contributed by atoms with E-state index in [1.54, 1.807) is 7.11 Å². The number of anilines is 1. The number of aromatic nitrogens is 4. The molecule has 2 aliphatic rings. The Labute approximate surface area is 201 Å². The van der Waals surface area contributed by atoms with E-state index in [-0.39, 0.29) is 6.04 Å². The van der Waals surface area contributed by atoms with Crippen LogP contribution >= 0.6 is 0 Å². The number of nitrogens with zero attached hydrogens (tertiary/aromatic N) is 6. The summed E-state index contributed by atoms with van der Waals surface area (Å²) in [6.07, 6.45) is 4.80. The molecule has 0 spiro atoms. The largest absolute Gasteiger partial charge is 0.497 e. The van der Waals surface area contributed by atoms with Crippen LogP contribution in [-0.4, -0.2) is 65.0 Å². The van der Waals surface area contributed by atoms with Gasteiger partial charge in [-0.25, -0.2) is 4.68 Å². The van der Waals surface area contributed by atoms with Crippen LogP contribution in [0, 0.1) is 0 Å². The van der Waals surface area contributed by atoms with Crippen molar-refractivity contribution in [2.24, 2.45) is 0 Å². The molecule has 2 fully saturated rings. The van der Waals surface area contributed by atoms with Gasteiger partial charge in [0.25, 0.3) is 0 Å². The van der Waals surface area contributed by atoms with Gasteiger partial charge in [-0.1, -0.05) is 25.0 Å². The average Bonchev–Trinajstić information content (AvgIpc) is 3.58. The van der Waals surface area contributed by atoms with Gasteiger partial charge in [0, 0.05) is 31.9 Å². The molecule has 1 saturated heterocycles. The molecule has 1 unspecified atom stereocenters. The van der Waals surface area contributed by atoms with Crippen LogP contribution in [0.3, 0.4) is 0 Å². The average molecular weight is 463 g/mol. The highest BCUT2D eigenvalue weighted by molar-refractivity contribution is 5.49. The Kier molecular flexibility index (Phi) is 6.94. The van der Waals surface area contributed by atoms with E-state index in [9.17, 15) is 0 Å². The number of ether oxygens (including phenoxy) is 2. The molecule has 8 heteroatoms. The van der Waals surface area contributed by atoms with Gasteiger partial charge >= 0.3 is 0 Å². The third kappa shape index (κ3) is 4.73. The molecule has 5 rings (SSSR count). The minimum Gasteiger partial charge on any atom is -0.497 e. The van der Waals surface area contributed by atoms with Gasteiger partial charge in [0.15, 0.2) is 5.82 Å². The van der Waals surface area contributed by atoms with E-state index in [1.807, 2.05) is 19.1 Å². The highest BCUT2D eigenvalue weighted by atomic mass is 16.5.